The number of ether oxygens (including phenoxy) is 1. The van der Waals surface area contributed by atoms with Gasteiger partial charge < -0.3 is 14.7 Å². The molecule has 0 saturated carbocycles. The van der Waals surface area contributed by atoms with Crippen molar-refractivity contribution in [3.05, 3.63) is 63.9 Å². The molecule has 0 aliphatic heterocycles. The second kappa shape index (κ2) is 7.98. The van der Waals surface area contributed by atoms with E-state index in [1.165, 1.54) is 42.3 Å². The molecular formula is C18H17ClFNO4. The number of carbonyl (C=O) groups excluding carboxylic acids is 2. The van der Waals surface area contributed by atoms with Crippen molar-refractivity contribution in [1.82, 2.24) is 4.90 Å². The van der Waals surface area contributed by atoms with Crippen LogP contribution in [0.15, 0.2) is 36.4 Å². The first-order chi connectivity index (χ1) is 11.8. The highest BCUT2D eigenvalue weighted by atomic mass is 35.5. The highest BCUT2D eigenvalue weighted by Gasteiger charge is 2.18. The van der Waals surface area contributed by atoms with Gasteiger partial charge in [0, 0.05) is 24.2 Å². The van der Waals surface area contributed by atoms with Crippen molar-refractivity contribution < 1.29 is 23.8 Å². The second-order valence-electron chi connectivity index (χ2n) is 5.55. The summed E-state index contributed by atoms with van der Waals surface area (Å²) in [5, 5.41) is 9.89. The van der Waals surface area contributed by atoms with Gasteiger partial charge in [-0.05, 0) is 31.2 Å². The largest absolute Gasteiger partial charge is 0.507 e. The van der Waals surface area contributed by atoms with Crippen LogP contribution in [0.2, 0.25) is 5.02 Å². The smallest absolute Gasteiger partial charge is 0.342 e. The van der Waals surface area contributed by atoms with Gasteiger partial charge in [-0.2, -0.15) is 0 Å². The number of hydrogen-bond donors (Lipinski definition) is 1. The molecule has 0 heterocycles. The van der Waals surface area contributed by atoms with Crippen LogP contribution in [-0.4, -0.2) is 35.5 Å². The molecule has 2 rings (SSSR count). The van der Waals surface area contributed by atoms with Gasteiger partial charge in [-0.1, -0.05) is 29.3 Å². The molecule has 0 bridgehead atoms. The minimum absolute atomic E-state index is 0.0207. The fourth-order valence-corrected chi connectivity index (χ4v) is 2.36. The maximum atomic E-state index is 13.8. The monoisotopic (exact) mass is 365 g/mol. The van der Waals surface area contributed by atoms with E-state index in [2.05, 4.69) is 0 Å². The third-order valence-electron chi connectivity index (χ3n) is 3.58. The van der Waals surface area contributed by atoms with Crippen molar-refractivity contribution in [3.63, 3.8) is 0 Å². The van der Waals surface area contributed by atoms with Crippen LogP contribution < -0.4 is 0 Å². The molecular weight excluding hydrogens is 349 g/mol. The lowest BCUT2D eigenvalue weighted by Gasteiger charge is -2.18. The molecule has 0 saturated heterocycles. The van der Waals surface area contributed by atoms with E-state index < -0.39 is 24.3 Å². The lowest BCUT2D eigenvalue weighted by molar-refractivity contribution is -0.133. The van der Waals surface area contributed by atoms with Crippen molar-refractivity contribution in [2.24, 2.45) is 0 Å². The van der Waals surface area contributed by atoms with Crippen LogP contribution in [0, 0.1) is 12.7 Å². The Bertz CT molecular complexity index is 789. The fourth-order valence-electron chi connectivity index (χ4n) is 2.14. The van der Waals surface area contributed by atoms with E-state index in [-0.39, 0.29) is 28.4 Å². The summed E-state index contributed by atoms with van der Waals surface area (Å²) in [5.41, 5.74) is 0.928. The first kappa shape index (κ1) is 18.7. The first-order valence-corrected chi connectivity index (χ1v) is 7.81. The summed E-state index contributed by atoms with van der Waals surface area (Å²) in [4.78, 5) is 25.3. The summed E-state index contributed by atoms with van der Waals surface area (Å²) in [6.07, 6.45) is 0. The highest BCUT2D eigenvalue weighted by Crippen LogP contribution is 2.21. The van der Waals surface area contributed by atoms with E-state index >= 15 is 0 Å². The molecule has 0 radical (unpaired) electrons. The van der Waals surface area contributed by atoms with Gasteiger partial charge in [-0.25, -0.2) is 9.18 Å². The van der Waals surface area contributed by atoms with E-state index in [0.29, 0.717) is 0 Å². The van der Waals surface area contributed by atoms with Crippen molar-refractivity contribution in [2.45, 2.75) is 13.5 Å². The number of nitrogens with zero attached hydrogens (tertiary/aromatic N) is 1. The van der Waals surface area contributed by atoms with Gasteiger partial charge in [-0.15, -0.1) is 0 Å². The third kappa shape index (κ3) is 4.70. The van der Waals surface area contributed by atoms with Crippen LogP contribution in [0.5, 0.6) is 5.75 Å². The number of hydrogen-bond acceptors (Lipinski definition) is 4. The maximum absolute atomic E-state index is 13.8. The zero-order valence-electron chi connectivity index (χ0n) is 13.8. The number of carbonyl (C=O) groups is 2. The average Bonchev–Trinajstić information content (AvgIpc) is 2.57. The van der Waals surface area contributed by atoms with Crippen LogP contribution in [0.4, 0.5) is 4.39 Å². The van der Waals surface area contributed by atoms with Crippen LogP contribution in [0.25, 0.3) is 0 Å². The van der Waals surface area contributed by atoms with Gasteiger partial charge in [0.2, 0.25) is 0 Å². The van der Waals surface area contributed by atoms with Crippen LogP contribution in [-0.2, 0) is 16.1 Å². The molecule has 0 aliphatic carbocycles. The topological polar surface area (TPSA) is 66.8 Å². The zero-order valence-corrected chi connectivity index (χ0v) is 14.5. The average molecular weight is 366 g/mol. The first-order valence-electron chi connectivity index (χ1n) is 7.43. The van der Waals surface area contributed by atoms with Gasteiger partial charge >= 0.3 is 5.97 Å². The van der Waals surface area contributed by atoms with Crippen molar-refractivity contribution >= 4 is 23.5 Å². The molecule has 0 fully saturated rings. The molecule has 0 aromatic heterocycles. The van der Waals surface area contributed by atoms with Crippen LogP contribution in [0.1, 0.15) is 21.5 Å². The van der Waals surface area contributed by atoms with Crippen molar-refractivity contribution in [2.75, 3.05) is 13.7 Å². The number of aromatic hydroxyl groups is 1. The normalized spacial score (nSPS) is 10.4. The van der Waals surface area contributed by atoms with Crippen LogP contribution >= 0.6 is 11.6 Å². The van der Waals surface area contributed by atoms with Crippen molar-refractivity contribution in [1.29, 1.82) is 0 Å². The molecule has 25 heavy (non-hydrogen) atoms. The molecule has 0 aliphatic rings. The zero-order chi connectivity index (χ0) is 18.6. The van der Waals surface area contributed by atoms with Gasteiger partial charge in [0.05, 0.1) is 0 Å². The predicted octanol–water partition coefficient (Wildman–Crippen LogP) is 3.31. The van der Waals surface area contributed by atoms with E-state index in [1.807, 2.05) is 0 Å². The Balaban J connectivity index is 1.97. The number of amides is 1. The molecule has 5 nitrogen and oxygen atoms in total. The van der Waals surface area contributed by atoms with E-state index in [9.17, 15) is 19.1 Å². The lowest BCUT2D eigenvalue weighted by Crippen LogP contribution is -2.31. The SMILES string of the molecule is Cc1ccc(O)c(C(=O)OCC(=O)N(C)Cc2c(F)cccc2Cl)c1. The Morgan fingerprint density at radius 3 is 2.68 bits per heavy atom. The lowest BCUT2D eigenvalue weighted by atomic mass is 10.1. The Morgan fingerprint density at radius 2 is 2.00 bits per heavy atom. The Labute approximate surface area is 149 Å². The summed E-state index contributed by atoms with van der Waals surface area (Å²) < 4.78 is 18.7. The molecule has 0 spiro atoms. The predicted molar refractivity (Wildman–Crippen MR) is 91.0 cm³/mol. The van der Waals surface area contributed by atoms with E-state index in [1.54, 1.807) is 13.0 Å². The fraction of sp³-hybridized carbons (Fsp3) is 0.222. The summed E-state index contributed by atoms with van der Waals surface area (Å²) in [6, 6.07) is 8.73. The number of esters is 1. The molecule has 132 valence electrons. The standard InChI is InChI=1S/C18H17ClFNO4/c1-11-6-7-16(22)12(8-11)18(24)25-10-17(23)21(2)9-13-14(19)4-3-5-15(13)20/h3-8,22H,9-10H2,1-2H3. The highest BCUT2D eigenvalue weighted by molar-refractivity contribution is 6.31. The molecule has 7 heteroatoms. The molecule has 1 N–H and O–H groups in total. The molecule has 2 aromatic rings. The summed E-state index contributed by atoms with van der Waals surface area (Å²) in [7, 11) is 1.45. The van der Waals surface area contributed by atoms with Gasteiger partial charge in [0.1, 0.15) is 17.1 Å². The number of phenols is 1. The number of aryl methyl sites for hydroxylation is 1. The van der Waals surface area contributed by atoms with E-state index in [4.69, 9.17) is 16.3 Å². The molecule has 0 unspecified atom stereocenters. The van der Waals surface area contributed by atoms with Crippen LogP contribution in [0.3, 0.4) is 0 Å². The molecule has 2 aromatic carbocycles. The minimum Gasteiger partial charge on any atom is -0.507 e. The Hall–Kier alpha value is -2.60. The summed E-state index contributed by atoms with van der Waals surface area (Å²) in [5.74, 6) is -2.09. The number of likely N-dealkylation sites (N-methyl/N-ethyl adjacent to an activating group) is 1. The number of benzene rings is 2. The van der Waals surface area contributed by atoms with Gasteiger partial charge in [0.25, 0.3) is 5.91 Å². The second-order valence-corrected chi connectivity index (χ2v) is 5.95. The molecule has 1 amide bonds. The summed E-state index contributed by atoms with van der Waals surface area (Å²) >= 11 is 5.93. The Kier molecular flexibility index (Phi) is 5.98. The summed E-state index contributed by atoms with van der Waals surface area (Å²) in [6.45, 7) is 1.17. The quantitative estimate of drug-likeness (QED) is 0.825. The molecule has 0 atom stereocenters. The van der Waals surface area contributed by atoms with E-state index in [0.717, 1.165) is 5.56 Å². The number of phenolic OH excluding ortho intramolecular Hbond substituents is 1. The Morgan fingerprint density at radius 1 is 1.28 bits per heavy atom. The van der Waals surface area contributed by atoms with Gasteiger partial charge in [0.15, 0.2) is 6.61 Å². The number of rotatable bonds is 5. The number of halogens is 2. The minimum atomic E-state index is -0.813. The maximum Gasteiger partial charge on any atom is 0.342 e. The van der Waals surface area contributed by atoms with Crippen molar-refractivity contribution in [3.8, 4) is 5.75 Å². The third-order valence-corrected chi connectivity index (χ3v) is 3.94. The van der Waals surface area contributed by atoms with Gasteiger partial charge in [-0.3, -0.25) is 4.79 Å².